The summed E-state index contributed by atoms with van der Waals surface area (Å²) in [5.41, 5.74) is 3.39. The number of carbonyl (C=O) groups excluding carboxylic acids is 1. The van der Waals surface area contributed by atoms with Crippen LogP contribution in [0.25, 0.3) is 22.2 Å². The van der Waals surface area contributed by atoms with E-state index in [-0.39, 0.29) is 5.82 Å². The average Bonchev–Trinajstić information content (AvgIpc) is 2.81. The monoisotopic (exact) mass is 240 g/mol. The molecule has 0 saturated heterocycles. The van der Waals surface area contributed by atoms with Crippen LogP contribution in [-0.4, -0.2) is 16.3 Å². The summed E-state index contributed by atoms with van der Waals surface area (Å²) in [4.78, 5) is 17.6. The Morgan fingerprint density at radius 1 is 1.06 bits per heavy atom. The van der Waals surface area contributed by atoms with Gasteiger partial charge in [-0.05, 0) is 35.4 Å². The molecule has 0 fully saturated rings. The molecule has 3 nitrogen and oxygen atoms in total. The third kappa shape index (κ3) is 1.78. The molecule has 0 radical (unpaired) electrons. The summed E-state index contributed by atoms with van der Waals surface area (Å²) < 4.78 is 12.8. The largest absolute Gasteiger partial charge is 0.336 e. The quantitative estimate of drug-likeness (QED) is 0.699. The van der Waals surface area contributed by atoms with Gasteiger partial charge in [0.1, 0.15) is 5.82 Å². The molecule has 0 bridgehead atoms. The number of nitrogens with one attached hydrogen (secondary N) is 1. The molecule has 18 heavy (non-hydrogen) atoms. The SMILES string of the molecule is O=Cc1nc2ccc(-c3ccc(F)cc3)cc2[nH]1. The van der Waals surface area contributed by atoms with Gasteiger partial charge in [0.25, 0.3) is 0 Å². The van der Waals surface area contributed by atoms with Crippen molar-refractivity contribution in [2.45, 2.75) is 0 Å². The molecule has 2 aromatic carbocycles. The third-order valence-electron chi connectivity index (χ3n) is 2.79. The van der Waals surface area contributed by atoms with Crippen molar-refractivity contribution in [2.75, 3.05) is 0 Å². The van der Waals surface area contributed by atoms with Crippen molar-refractivity contribution in [3.05, 3.63) is 54.1 Å². The second-order valence-electron chi connectivity index (χ2n) is 3.98. The van der Waals surface area contributed by atoms with Gasteiger partial charge in [0.05, 0.1) is 11.0 Å². The van der Waals surface area contributed by atoms with Crippen LogP contribution < -0.4 is 0 Å². The van der Waals surface area contributed by atoms with E-state index >= 15 is 0 Å². The number of hydrogen-bond acceptors (Lipinski definition) is 2. The highest BCUT2D eigenvalue weighted by Gasteiger charge is 2.04. The number of aromatic amines is 1. The van der Waals surface area contributed by atoms with Crippen LogP contribution in [0.5, 0.6) is 0 Å². The van der Waals surface area contributed by atoms with Crippen molar-refractivity contribution >= 4 is 17.3 Å². The van der Waals surface area contributed by atoms with Gasteiger partial charge >= 0.3 is 0 Å². The van der Waals surface area contributed by atoms with Gasteiger partial charge in [-0.15, -0.1) is 0 Å². The number of carbonyl (C=O) groups is 1. The molecule has 0 saturated carbocycles. The van der Waals surface area contributed by atoms with Crippen molar-refractivity contribution in [3.63, 3.8) is 0 Å². The summed E-state index contributed by atoms with van der Waals surface area (Å²) in [6, 6.07) is 11.9. The van der Waals surface area contributed by atoms with E-state index in [4.69, 9.17) is 0 Å². The molecule has 0 aliphatic heterocycles. The summed E-state index contributed by atoms with van der Waals surface area (Å²) in [6.07, 6.45) is 0.678. The number of fused-ring (bicyclic) bond motifs is 1. The molecule has 3 aromatic rings. The fourth-order valence-corrected chi connectivity index (χ4v) is 1.91. The number of halogens is 1. The predicted octanol–water partition coefficient (Wildman–Crippen LogP) is 3.18. The number of rotatable bonds is 2. The second kappa shape index (κ2) is 4.07. The van der Waals surface area contributed by atoms with Crippen LogP contribution in [-0.2, 0) is 0 Å². The van der Waals surface area contributed by atoms with Gasteiger partial charge in [0, 0.05) is 0 Å². The lowest BCUT2D eigenvalue weighted by molar-refractivity contribution is 0.111. The first-order valence-corrected chi connectivity index (χ1v) is 5.47. The highest BCUT2D eigenvalue weighted by molar-refractivity contribution is 5.85. The molecule has 0 amide bonds. The Hall–Kier alpha value is -2.49. The first kappa shape index (κ1) is 10.7. The standard InChI is InChI=1S/C14H9FN2O/c15-11-4-1-9(2-5-11)10-3-6-12-13(7-10)17-14(8-18)16-12/h1-8H,(H,16,17). The Balaban J connectivity index is 2.12. The number of nitrogens with zero attached hydrogens (tertiary/aromatic N) is 1. The maximum absolute atomic E-state index is 12.8. The molecule has 3 rings (SSSR count). The van der Waals surface area contributed by atoms with Gasteiger partial charge in [-0.1, -0.05) is 18.2 Å². The lowest BCUT2D eigenvalue weighted by Crippen LogP contribution is -1.79. The second-order valence-corrected chi connectivity index (χ2v) is 3.98. The van der Waals surface area contributed by atoms with Gasteiger partial charge in [0.2, 0.25) is 0 Å². The predicted molar refractivity (Wildman–Crippen MR) is 66.9 cm³/mol. The minimum Gasteiger partial charge on any atom is -0.336 e. The molecule has 1 aromatic heterocycles. The number of H-pyrrole nitrogens is 1. The molecule has 0 aliphatic carbocycles. The van der Waals surface area contributed by atoms with Gasteiger partial charge in [-0.25, -0.2) is 9.37 Å². The van der Waals surface area contributed by atoms with Crippen LogP contribution in [0.1, 0.15) is 10.6 Å². The van der Waals surface area contributed by atoms with Crippen LogP contribution in [0.15, 0.2) is 42.5 Å². The highest BCUT2D eigenvalue weighted by Crippen LogP contribution is 2.23. The van der Waals surface area contributed by atoms with Crippen molar-refractivity contribution in [3.8, 4) is 11.1 Å². The fourth-order valence-electron chi connectivity index (χ4n) is 1.91. The fraction of sp³-hybridized carbons (Fsp3) is 0. The van der Waals surface area contributed by atoms with Crippen molar-refractivity contribution in [2.24, 2.45) is 0 Å². The van der Waals surface area contributed by atoms with Crippen molar-refractivity contribution in [1.29, 1.82) is 0 Å². The summed E-state index contributed by atoms with van der Waals surface area (Å²) in [5.74, 6) is 0.0471. The number of aldehydes is 1. The van der Waals surface area contributed by atoms with E-state index in [9.17, 15) is 9.18 Å². The smallest absolute Gasteiger partial charge is 0.185 e. The molecule has 0 unspecified atom stereocenters. The minimum atomic E-state index is -0.260. The first-order valence-electron chi connectivity index (χ1n) is 5.47. The van der Waals surface area contributed by atoms with Gasteiger partial charge in [-0.2, -0.15) is 0 Å². The Morgan fingerprint density at radius 3 is 2.50 bits per heavy atom. The topological polar surface area (TPSA) is 45.8 Å². The van der Waals surface area contributed by atoms with Crippen LogP contribution in [0, 0.1) is 5.82 Å². The zero-order chi connectivity index (χ0) is 12.5. The van der Waals surface area contributed by atoms with Crippen molar-refractivity contribution in [1.82, 2.24) is 9.97 Å². The molecule has 0 atom stereocenters. The van der Waals surface area contributed by atoms with E-state index in [1.807, 2.05) is 18.2 Å². The molecule has 1 N–H and O–H groups in total. The summed E-state index contributed by atoms with van der Waals surface area (Å²) in [6.45, 7) is 0. The van der Waals surface area contributed by atoms with E-state index in [2.05, 4.69) is 9.97 Å². The lowest BCUT2D eigenvalue weighted by Gasteiger charge is -2.01. The Kier molecular flexibility index (Phi) is 2.41. The molecular weight excluding hydrogens is 231 g/mol. The number of imidazole rings is 1. The maximum atomic E-state index is 12.8. The maximum Gasteiger partial charge on any atom is 0.185 e. The highest BCUT2D eigenvalue weighted by atomic mass is 19.1. The van der Waals surface area contributed by atoms with Crippen molar-refractivity contribution < 1.29 is 9.18 Å². The van der Waals surface area contributed by atoms with E-state index in [0.29, 0.717) is 12.1 Å². The minimum absolute atomic E-state index is 0.260. The van der Waals surface area contributed by atoms with Crippen LogP contribution in [0.2, 0.25) is 0 Å². The number of aromatic nitrogens is 2. The van der Waals surface area contributed by atoms with Gasteiger partial charge in [0.15, 0.2) is 12.1 Å². The van der Waals surface area contributed by atoms with E-state index < -0.39 is 0 Å². The number of hydrogen-bond donors (Lipinski definition) is 1. The number of benzene rings is 2. The molecule has 0 aliphatic rings. The van der Waals surface area contributed by atoms with Crippen LogP contribution in [0.4, 0.5) is 4.39 Å². The molecule has 1 heterocycles. The van der Waals surface area contributed by atoms with E-state index in [0.717, 1.165) is 22.2 Å². The summed E-state index contributed by atoms with van der Waals surface area (Å²) >= 11 is 0. The van der Waals surface area contributed by atoms with Crippen LogP contribution >= 0.6 is 0 Å². The Bertz CT molecular complexity index is 716. The third-order valence-corrected chi connectivity index (χ3v) is 2.79. The molecule has 88 valence electrons. The Labute approximate surface area is 102 Å². The Morgan fingerprint density at radius 2 is 1.78 bits per heavy atom. The average molecular weight is 240 g/mol. The zero-order valence-electron chi connectivity index (χ0n) is 9.35. The first-order chi connectivity index (χ1) is 8.76. The van der Waals surface area contributed by atoms with E-state index in [1.54, 1.807) is 12.1 Å². The van der Waals surface area contributed by atoms with Gasteiger partial charge in [-0.3, -0.25) is 4.79 Å². The summed E-state index contributed by atoms with van der Waals surface area (Å²) in [5, 5.41) is 0. The molecular formula is C14H9FN2O. The summed E-state index contributed by atoms with van der Waals surface area (Å²) in [7, 11) is 0. The van der Waals surface area contributed by atoms with Gasteiger partial charge < -0.3 is 4.98 Å². The van der Waals surface area contributed by atoms with E-state index in [1.165, 1.54) is 12.1 Å². The normalized spacial score (nSPS) is 10.7. The van der Waals surface area contributed by atoms with Crippen LogP contribution in [0.3, 0.4) is 0 Å². The molecule has 4 heteroatoms. The zero-order valence-corrected chi connectivity index (χ0v) is 9.35. The lowest BCUT2D eigenvalue weighted by atomic mass is 10.1. The molecule has 0 spiro atoms.